The first kappa shape index (κ1) is 12.7. The second-order valence-electron chi connectivity index (χ2n) is 3.98. The summed E-state index contributed by atoms with van der Waals surface area (Å²) in [7, 11) is 0. The van der Waals surface area contributed by atoms with Crippen molar-refractivity contribution in [2.45, 2.75) is 26.7 Å². The molecule has 1 aromatic carbocycles. The SMILES string of the molecule is CC(C)CCC(=O)c1ccc(Cl)cc1Br. The fourth-order valence-corrected chi connectivity index (χ4v) is 2.17. The molecule has 1 aromatic rings. The molecule has 0 amide bonds. The summed E-state index contributed by atoms with van der Waals surface area (Å²) in [5, 5.41) is 0.641. The van der Waals surface area contributed by atoms with Crippen molar-refractivity contribution < 1.29 is 4.79 Å². The van der Waals surface area contributed by atoms with Gasteiger partial charge in [-0.05, 0) is 46.5 Å². The van der Waals surface area contributed by atoms with Crippen molar-refractivity contribution in [1.82, 2.24) is 0 Å². The van der Waals surface area contributed by atoms with E-state index in [2.05, 4.69) is 29.8 Å². The molecular formula is C12H14BrClO. The van der Waals surface area contributed by atoms with E-state index in [4.69, 9.17) is 11.6 Å². The number of carbonyl (C=O) groups excluding carboxylic acids is 1. The van der Waals surface area contributed by atoms with E-state index in [1.807, 2.05) is 0 Å². The summed E-state index contributed by atoms with van der Waals surface area (Å²) in [5.41, 5.74) is 0.722. The molecule has 0 atom stereocenters. The normalized spacial score (nSPS) is 10.7. The van der Waals surface area contributed by atoms with Crippen LogP contribution in [0.15, 0.2) is 22.7 Å². The molecule has 0 fully saturated rings. The van der Waals surface area contributed by atoms with Crippen LogP contribution in [0.4, 0.5) is 0 Å². The first-order valence-electron chi connectivity index (χ1n) is 4.99. The molecule has 0 N–H and O–H groups in total. The van der Waals surface area contributed by atoms with Gasteiger partial charge in [-0.15, -0.1) is 0 Å². The van der Waals surface area contributed by atoms with Gasteiger partial charge in [0.2, 0.25) is 0 Å². The van der Waals surface area contributed by atoms with Gasteiger partial charge in [0, 0.05) is 21.5 Å². The quantitative estimate of drug-likeness (QED) is 0.733. The number of hydrogen-bond donors (Lipinski definition) is 0. The maximum atomic E-state index is 11.8. The van der Waals surface area contributed by atoms with Gasteiger partial charge in [0.15, 0.2) is 5.78 Å². The number of benzene rings is 1. The lowest BCUT2D eigenvalue weighted by molar-refractivity contribution is 0.0974. The van der Waals surface area contributed by atoms with E-state index in [0.717, 1.165) is 16.5 Å². The fourth-order valence-electron chi connectivity index (χ4n) is 1.27. The Morgan fingerprint density at radius 2 is 2.13 bits per heavy atom. The van der Waals surface area contributed by atoms with Gasteiger partial charge in [0.05, 0.1) is 0 Å². The molecule has 1 nitrogen and oxygen atoms in total. The molecule has 0 unspecified atom stereocenters. The van der Waals surface area contributed by atoms with Gasteiger partial charge in [0.25, 0.3) is 0 Å². The van der Waals surface area contributed by atoms with Gasteiger partial charge in [0.1, 0.15) is 0 Å². The number of halogens is 2. The van der Waals surface area contributed by atoms with Crippen molar-refractivity contribution in [1.29, 1.82) is 0 Å². The van der Waals surface area contributed by atoms with Crippen LogP contribution in [0.25, 0.3) is 0 Å². The lowest BCUT2D eigenvalue weighted by atomic mass is 10.0. The van der Waals surface area contributed by atoms with E-state index in [9.17, 15) is 4.79 Å². The van der Waals surface area contributed by atoms with Crippen molar-refractivity contribution in [2.75, 3.05) is 0 Å². The Labute approximate surface area is 104 Å². The molecule has 82 valence electrons. The van der Waals surface area contributed by atoms with Crippen molar-refractivity contribution in [3.05, 3.63) is 33.3 Å². The molecule has 0 aliphatic carbocycles. The van der Waals surface area contributed by atoms with E-state index in [-0.39, 0.29) is 5.78 Å². The van der Waals surface area contributed by atoms with E-state index < -0.39 is 0 Å². The summed E-state index contributed by atoms with van der Waals surface area (Å²) in [6, 6.07) is 5.27. The summed E-state index contributed by atoms with van der Waals surface area (Å²) in [6.07, 6.45) is 1.52. The van der Waals surface area contributed by atoms with Gasteiger partial charge >= 0.3 is 0 Å². The highest BCUT2D eigenvalue weighted by atomic mass is 79.9. The Balaban J connectivity index is 2.74. The smallest absolute Gasteiger partial charge is 0.164 e. The third kappa shape index (κ3) is 3.96. The van der Waals surface area contributed by atoms with E-state index in [0.29, 0.717) is 17.4 Å². The Morgan fingerprint density at radius 3 is 2.67 bits per heavy atom. The topological polar surface area (TPSA) is 17.1 Å². The monoisotopic (exact) mass is 288 g/mol. The average molecular weight is 290 g/mol. The Bertz CT molecular complexity index is 361. The first-order chi connectivity index (χ1) is 7.00. The molecule has 1 rings (SSSR count). The average Bonchev–Trinajstić information content (AvgIpc) is 2.14. The highest BCUT2D eigenvalue weighted by molar-refractivity contribution is 9.10. The van der Waals surface area contributed by atoms with Crippen LogP contribution in [0.5, 0.6) is 0 Å². The van der Waals surface area contributed by atoms with Gasteiger partial charge in [-0.3, -0.25) is 4.79 Å². The van der Waals surface area contributed by atoms with Gasteiger partial charge in [-0.1, -0.05) is 25.4 Å². The van der Waals surface area contributed by atoms with Crippen LogP contribution in [-0.2, 0) is 0 Å². The van der Waals surface area contributed by atoms with E-state index >= 15 is 0 Å². The summed E-state index contributed by atoms with van der Waals surface area (Å²) in [6.45, 7) is 4.23. The number of rotatable bonds is 4. The predicted octanol–water partition coefficient (Wildman–Crippen LogP) is 4.72. The lowest BCUT2D eigenvalue weighted by Gasteiger charge is -2.06. The number of hydrogen-bond acceptors (Lipinski definition) is 1. The summed E-state index contributed by atoms with van der Waals surface area (Å²) >= 11 is 9.16. The van der Waals surface area contributed by atoms with Gasteiger partial charge < -0.3 is 0 Å². The van der Waals surface area contributed by atoms with Crippen molar-refractivity contribution in [3.8, 4) is 0 Å². The first-order valence-corrected chi connectivity index (χ1v) is 6.16. The minimum absolute atomic E-state index is 0.173. The molecule has 0 spiro atoms. The minimum atomic E-state index is 0.173. The van der Waals surface area contributed by atoms with Crippen molar-refractivity contribution in [2.24, 2.45) is 5.92 Å². The maximum Gasteiger partial charge on any atom is 0.164 e. The van der Waals surface area contributed by atoms with Crippen LogP contribution >= 0.6 is 27.5 Å². The molecule has 0 radical (unpaired) electrons. The molecule has 0 saturated carbocycles. The van der Waals surface area contributed by atoms with Crippen LogP contribution in [0.2, 0.25) is 5.02 Å². The predicted molar refractivity (Wildman–Crippen MR) is 67.6 cm³/mol. The second kappa shape index (κ2) is 5.66. The fraction of sp³-hybridized carbons (Fsp3) is 0.417. The zero-order valence-corrected chi connectivity index (χ0v) is 11.2. The maximum absolute atomic E-state index is 11.8. The molecule has 15 heavy (non-hydrogen) atoms. The van der Waals surface area contributed by atoms with Crippen molar-refractivity contribution in [3.63, 3.8) is 0 Å². The molecule has 0 heterocycles. The van der Waals surface area contributed by atoms with Crippen LogP contribution in [0.1, 0.15) is 37.0 Å². The number of carbonyl (C=O) groups is 1. The minimum Gasteiger partial charge on any atom is -0.294 e. The zero-order chi connectivity index (χ0) is 11.4. The van der Waals surface area contributed by atoms with E-state index in [1.54, 1.807) is 18.2 Å². The molecule has 0 aliphatic heterocycles. The molecule has 3 heteroatoms. The molecule has 0 aliphatic rings. The Morgan fingerprint density at radius 1 is 1.47 bits per heavy atom. The van der Waals surface area contributed by atoms with Crippen LogP contribution in [-0.4, -0.2) is 5.78 Å². The zero-order valence-electron chi connectivity index (χ0n) is 8.89. The molecular weight excluding hydrogens is 275 g/mol. The third-order valence-electron chi connectivity index (χ3n) is 2.18. The molecule has 0 bridgehead atoms. The van der Waals surface area contributed by atoms with Crippen LogP contribution in [0.3, 0.4) is 0 Å². The largest absolute Gasteiger partial charge is 0.294 e. The van der Waals surface area contributed by atoms with E-state index in [1.165, 1.54) is 0 Å². The summed E-state index contributed by atoms with van der Waals surface area (Å²) in [5.74, 6) is 0.729. The highest BCUT2D eigenvalue weighted by Crippen LogP contribution is 2.23. The number of ketones is 1. The van der Waals surface area contributed by atoms with Crippen molar-refractivity contribution >= 4 is 33.3 Å². The second-order valence-corrected chi connectivity index (χ2v) is 5.27. The third-order valence-corrected chi connectivity index (χ3v) is 3.07. The Hall–Kier alpha value is -0.340. The highest BCUT2D eigenvalue weighted by Gasteiger charge is 2.10. The van der Waals surface area contributed by atoms with Crippen LogP contribution in [0, 0.1) is 5.92 Å². The Kier molecular flexibility index (Phi) is 4.81. The van der Waals surface area contributed by atoms with Gasteiger partial charge in [-0.25, -0.2) is 0 Å². The summed E-state index contributed by atoms with van der Waals surface area (Å²) in [4.78, 5) is 11.8. The molecule has 0 saturated heterocycles. The number of Topliss-reactive ketones (excluding diaryl/α,β-unsaturated/α-hetero) is 1. The van der Waals surface area contributed by atoms with Crippen LogP contribution < -0.4 is 0 Å². The molecule has 0 aromatic heterocycles. The lowest BCUT2D eigenvalue weighted by Crippen LogP contribution is -2.02. The summed E-state index contributed by atoms with van der Waals surface area (Å²) < 4.78 is 0.781. The van der Waals surface area contributed by atoms with Gasteiger partial charge in [-0.2, -0.15) is 0 Å². The standard InChI is InChI=1S/C12H14BrClO/c1-8(2)3-6-12(15)10-5-4-9(14)7-11(10)13/h4-5,7-8H,3,6H2,1-2H3.